The first kappa shape index (κ1) is 18.7. The van der Waals surface area contributed by atoms with Crippen LogP contribution in [-0.2, 0) is 4.79 Å². The third-order valence-corrected chi connectivity index (χ3v) is 5.97. The lowest BCUT2D eigenvalue weighted by molar-refractivity contribution is -0.131. The van der Waals surface area contributed by atoms with Gasteiger partial charge in [-0.3, -0.25) is 9.59 Å². The largest absolute Gasteiger partial charge is 0.343 e. The van der Waals surface area contributed by atoms with Gasteiger partial charge in [0, 0.05) is 38.8 Å². The van der Waals surface area contributed by atoms with Crippen molar-refractivity contribution in [2.45, 2.75) is 39.0 Å². The predicted octanol–water partition coefficient (Wildman–Crippen LogP) is 3.05. The normalized spacial score (nSPS) is 17.9. The molecule has 2 aliphatic heterocycles. The first-order chi connectivity index (χ1) is 13.6. The number of benzene rings is 1. The summed E-state index contributed by atoms with van der Waals surface area (Å²) in [5.74, 6) is 0.733. The molecule has 0 saturated carbocycles. The Morgan fingerprint density at radius 1 is 1.00 bits per heavy atom. The molecule has 2 fully saturated rings. The summed E-state index contributed by atoms with van der Waals surface area (Å²) in [6.07, 6.45) is 6.53. The van der Waals surface area contributed by atoms with Gasteiger partial charge in [-0.25, -0.2) is 4.68 Å². The lowest BCUT2D eigenvalue weighted by Crippen LogP contribution is -2.40. The van der Waals surface area contributed by atoms with Gasteiger partial charge in [0.1, 0.15) is 0 Å². The van der Waals surface area contributed by atoms with Gasteiger partial charge < -0.3 is 9.80 Å². The lowest BCUT2D eigenvalue weighted by Gasteiger charge is -2.32. The van der Waals surface area contributed by atoms with Crippen molar-refractivity contribution in [1.82, 2.24) is 19.6 Å². The highest BCUT2D eigenvalue weighted by Gasteiger charge is 2.28. The molecule has 0 radical (unpaired) electrons. The van der Waals surface area contributed by atoms with Crippen molar-refractivity contribution in [2.24, 2.45) is 5.92 Å². The number of aryl methyl sites for hydroxylation is 1. The molecule has 1 aromatic heterocycles. The van der Waals surface area contributed by atoms with Gasteiger partial charge in [0.05, 0.1) is 16.9 Å². The van der Waals surface area contributed by atoms with E-state index in [2.05, 4.69) is 5.10 Å². The van der Waals surface area contributed by atoms with Gasteiger partial charge in [-0.05, 0) is 50.7 Å². The first-order valence-electron chi connectivity index (χ1n) is 10.3. The van der Waals surface area contributed by atoms with E-state index in [9.17, 15) is 9.59 Å². The van der Waals surface area contributed by atoms with Crippen LogP contribution in [0.15, 0.2) is 36.5 Å². The Balaban J connectivity index is 1.35. The Bertz CT molecular complexity index is 831. The SMILES string of the molecule is Cc1nn(-c2ccccc2)cc1C(=O)N1CCC(CC(=O)N2CCCC2)CC1. The molecule has 0 bridgehead atoms. The van der Waals surface area contributed by atoms with Gasteiger partial charge in [-0.1, -0.05) is 18.2 Å². The highest BCUT2D eigenvalue weighted by atomic mass is 16.2. The van der Waals surface area contributed by atoms with Crippen LogP contribution in [0.2, 0.25) is 0 Å². The fourth-order valence-electron chi connectivity index (χ4n) is 4.24. The van der Waals surface area contributed by atoms with Crippen molar-refractivity contribution in [3.8, 4) is 5.69 Å². The number of hydrogen-bond donors (Lipinski definition) is 0. The van der Waals surface area contributed by atoms with Crippen LogP contribution < -0.4 is 0 Å². The molecule has 148 valence electrons. The van der Waals surface area contributed by atoms with Crippen LogP contribution in [0, 0.1) is 12.8 Å². The van der Waals surface area contributed by atoms with Crippen molar-refractivity contribution in [3.63, 3.8) is 0 Å². The van der Waals surface area contributed by atoms with Crippen molar-refractivity contribution in [2.75, 3.05) is 26.2 Å². The van der Waals surface area contributed by atoms with Gasteiger partial charge in [-0.15, -0.1) is 0 Å². The maximum Gasteiger partial charge on any atom is 0.257 e. The summed E-state index contributed by atoms with van der Waals surface area (Å²) in [6, 6.07) is 9.84. The van der Waals surface area contributed by atoms with Gasteiger partial charge in [0.15, 0.2) is 0 Å². The Hall–Kier alpha value is -2.63. The summed E-state index contributed by atoms with van der Waals surface area (Å²) in [5.41, 5.74) is 2.36. The van der Waals surface area contributed by atoms with E-state index >= 15 is 0 Å². The molecule has 0 N–H and O–H groups in total. The maximum absolute atomic E-state index is 13.0. The van der Waals surface area contributed by atoms with Crippen LogP contribution in [-0.4, -0.2) is 57.6 Å². The van der Waals surface area contributed by atoms with E-state index in [1.165, 1.54) is 0 Å². The smallest absolute Gasteiger partial charge is 0.257 e. The van der Waals surface area contributed by atoms with E-state index in [1.807, 2.05) is 53.3 Å². The number of carbonyl (C=O) groups is 2. The molecule has 2 amide bonds. The molecule has 4 rings (SSSR count). The highest BCUT2D eigenvalue weighted by Crippen LogP contribution is 2.24. The first-order valence-corrected chi connectivity index (χ1v) is 10.3. The summed E-state index contributed by atoms with van der Waals surface area (Å²) in [6.45, 7) is 5.15. The highest BCUT2D eigenvalue weighted by molar-refractivity contribution is 5.95. The fourth-order valence-corrected chi connectivity index (χ4v) is 4.24. The number of amides is 2. The zero-order valence-corrected chi connectivity index (χ0v) is 16.5. The van der Waals surface area contributed by atoms with Crippen molar-refractivity contribution in [3.05, 3.63) is 47.8 Å². The molecule has 2 saturated heterocycles. The zero-order valence-electron chi connectivity index (χ0n) is 16.5. The third kappa shape index (κ3) is 3.96. The van der Waals surface area contributed by atoms with Crippen LogP contribution in [0.4, 0.5) is 0 Å². The summed E-state index contributed by atoms with van der Waals surface area (Å²) in [5, 5.41) is 4.51. The third-order valence-electron chi connectivity index (χ3n) is 5.97. The predicted molar refractivity (Wildman–Crippen MR) is 107 cm³/mol. The van der Waals surface area contributed by atoms with E-state index in [0.29, 0.717) is 36.9 Å². The second kappa shape index (κ2) is 8.17. The van der Waals surface area contributed by atoms with Crippen LogP contribution in [0.3, 0.4) is 0 Å². The van der Waals surface area contributed by atoms with E-state index < -0.39 is 0 Å². The van der Waals surface area contributed by atoms with E-state index in [0.717, 1.165) is 50.2 Å². The van der Waals surface area contributed by atoms with E-state index in [-0.39, 0.29) is 5.91 Å². The Labute approximate surface area is 166 Å². The van der Waals surface area contributed by atoms with Crippen LogP contribution in [0.5, 0.6) is 0 Å². The van der Waals surface area contributed by atoms with E-state index in [4.69, 9.17) is 0 Å². The molecule has 2 aromatic rings. The number of aromatic nitrogens is 2. The van der Waals surface area contributed by atoms with Crippen LogP contribution in [0.1, 0.15) is 48.2 Å². The molecule has 28 heavy (non-hydrogen) atoms. The summed E-state index contributed by atoms with van der Waals surface area (Å²) >= 11 is 0. The van der Waals surface area contributed by atoms with Crippen LogP contribution in [0.25, 0.3) is 5.69 Å². The van der Waals surface area contributed by atoms with Gasteiger partial charge in [0.25, 0.3) is 5.91 Å². The van der Waals surface area contributed by atoms with Gasteiger partial charge in [-0.2, -0.15) is 5.10 Å². The average Bonchev–Trinajstić information content (AvgIpc) is 3.39. The van der Waals surface area contributed by atoms with Gasteiger partial charge >= 0.3 is 0 Å². The molecule has 2 aliphatic rings. The number of para-hydroxylation sites is 1. The lowest BCUT2D eigenvalue weighted by atomic mass is 9.92. The number of hydrogen-bond acceptors (Lipinski definition) is 3. The molecular formula is C22H28N4O2. The molecule has 0 atom stereocenters. The summed E-state index contributed by atoms with van der Waals surface area (Å²) in [4.78, 5) is 29.3. The second-order valence-electron chi connectivity index (χ2n) is 7.94. The second-order valence-corrected chi connectivity index (χ2v) is 7.94. The molecule has 0 aliphatic carbocycles. The summed E-state index contributed by atoms with van der Waals surface area (Å²) in [7, 11) is 0. The summed E-state index contributed by atoms with van der Waals surface area (Å²) < 4.78 is 1.77. The number of piperidine rings is 1. The number of rotatable bonds is 4. The van der Waals surface area contributed by atoms with Crippen molar-refractivity contribution < 1.29 is 9.59 Å². The standard InChI is InChI=1S/C22H28N4O2/c1-17-20(16-26(23-17)19-7-3-2-4-8-19)22(28)25-13-9-18(10-14-25)15-21(27)24-11-5-6-12-24/h2-4,7-8,16,18H,5-6,9-15H2,1H3. The minimum absolute atomic E-state index is 0.0454. The Morgan fingerprint density at radius 2 is 1.68 bits per heavy atom. The van der Waals surface area contributed by atoms with Crippen LogP contribution >= 0.6 is 0 Å². The van der Waals surface area contributed by atoms with Gasteiger partial charge in [0.2, 0.25) is 5.91 Å². The molecule has 3 heterocycles. The number of likely N-dealkylation sites (tertiary alicyclic amines) is 2. The monoisotopic (exact) mass is 380 g/mol. The quantitative estimate of drug-likeness (QED) is 0.819. The van der Waals surface area contributed by atoms with Crippen molar-refractivity contribution in [1.29, 1.82) is 0 Å². The fraction of sp³-hybridized carbons (Fsp3) is 0.500. The molecule has 0 unspecified atom stereocenters. The Morgan fingerprint density at radius 3 is 2.36 bits per heavy atom. The maximum atomic E-state index is 13.0. The number of nitrogens with zero attached hydrogens (tertiary/aromatic N) is 4. The number of carbonyl (C=O) groups excluding carboxylic acids is 2. The average molecular weight is 380 g/mol. The molecular weight excluding hydrogens is 352 g/mol. The minimum atomic E-state index is 0.0454. The topological polar surface area (TPSA) is 58.4 Å². The van der Waals surface area contributed by atoms with E-state index in [1.54, 1.807) is 4.68 Å². The van der Waals surface area contributed by atoms with Crippen molar-refractivity contribution >= 4 is 11.8 Å². The molecule has 6 nitrogen and oxygen atoms in total. The molecule has 1 aromatic carbocycles. The minimum Gasteiger partial charge on any atom is -0.343 e. The zero-order chi connectivity index (χ0) is 19.5. The Kier molecular flexibility index (Phi) is 5.46. The molecule has 0 spiro atoms. The molecule has 6 heteroatoms.